The highest BCUT2D eigenvalue weighted by Gasteiger charge is 2.14. The van der Waals surface area contributed by atoms with Gasteiger partial charge in [-0.3, -0.25) is 0 Å². The van der Waals surface area contributed by atoms with Crippen molar-refractivity contribution in [3.63, 3.8) is 0 Å². The van der Waals surface area contributed by atoms with Crippen molar-refractivity contribution in [1.82, 2.24) is 10.6 Å². The van der Waals surface area contributed by atoms with E-state index in [1.165, 1.54) is 0 Å². The molecule has 0 aliphatic carbocycles. The van der Waals surface area contributed by atoms with E-state index in [9.17, 15) is 0 Å². The third-order valence-corrected chi connectivity index (χ3v) is 1.24. The van der Waals surface area contributed by atoms with Crippen LogP contribution in [0.25, 0.3) is 0 Å². The molecule has 2 nitrogen and oxygen atoms in total. The van der Waals surface area contributed by atoms with E-state index in [2.05, 4.69) is 10.6 Å². The van der Waals surface area contributed by atoms with Gasteiger partial charge in [0.2, 0.25) is 0 Å². The first kappa shape index (κ1) is 1.95. The van der Waals surface area contributed by atoms with Gasteiger partial charge >= 0.3 is 0 Å². The highest BCUT2D eigenvalue weighted by atomic mass is 15.1. The van der Waals surface area contributed by atoms with Crippen molar-refractivity contribution in [2.75, 3.05) is 19.6 Å². The summed E-state index contributed by atoms with van der Waals surface area (Å²) >= 11 is 0. The maximum atomic E-state index is 8.00. The fourth-order valence-electron chi connectivity index (χ4n) is 0.754. The van der Waals surface area contributed by atoms with E-state index < -0.39 is 25.6 Å². The Balaban J connectivity index is 3.24. The Bertz CT molecular complexity index is 263. The highest BCUT2D eigenvalue weighted by molar-refractivity contribution is 4.77. The van der Waals surface area contributed by atoms with E-state index in [-0.39, 0.29) is 13.1 Å². The molecule has 0 saturated carbocycles. The normalized spacial score (nSPS) is 54.2. The van der Waals surface area contributed by atoms with Crippen LogP contribution >= 0.6 is 0 Å². The molecule has 2 N–H and O–H groups in total. The molecule has 1 fully saturated rings. The van der Waals surface area contributed by atoms with Gasteiger partial charge in [-0.2, -0.15) is 0 Å². The summed E-state index contributed by atoms with van der Waals surface area (Å²) in [6.07, 6.45) is 0. The van der Waals surface area contributed by atoms with Gasteiger partial charge in [0.15, 0.2) is 0 Å². The number of hydrogen-bond acceptors (Lipinski definition) is 2. The van der Waals surface area contributed by atoms with Gasteiger partial charge in [0.1, 0.15) is 0 Å². The molecule has 1 atom stereocenters. The lowest BCUT2D eigenvalue weighted by Crippen LogP contribution is -2.50. The summed E-state index contributed by atoms with van der Waals surface area (Å²) in [5, 5.41) is 5.30. The SMILES string of the molecule is [2H]C([2H])([2H])C([2H])(C([2H])([2H])[2H])[C@@]1([2H])CNCCN1. The lowest BCUT2D eigenvalue weighted by Gasteiger charge is -2.27. The summed E-state index contributed by atoms with van der Waals surface area (Å²) < 4.78 is 59.7. The molecular weight excluding hydrogens is 112 g/mol. The van der Waals surface area contributed by atoms with Crippen LogP contribution in [0.15, 0.2) is 0 Å². The van der Waals surface area contributed by atoms with Gasteiger partial charge in [-0.15, -0.1) is 0 Å². The Hall–Kier alpha value is -0.0800. The van der Waals surface area contributed by atoms with Crippen LogP contribution in [0.4, 0.5) is 0 Å². The van der Waals surface area contributed by atoms with Gasteiger partial charge in [-0.25, -0.2) is 0 Å². The summed E-state index contributed by atoms with van der Waals surface area (Å²) in [5.41, 5.74) is 0. The topological polar surface area (TPSA) is 24.1 Å². The van der Waals surface area contributed by atoms with Gasteiger partial charge < -0.3 is 10.6 Å². The molecule has 1 saturated heterocycles. The molecular formula is C7H16N2. The zero-order valence-corrected chi connectivity index (χ0v) is 5.12. The van der Waals surface area contributed by atoms with Gasteiger partial charge in [0, 0.05) is 36.6 Å². The summed E-state index contributed by atoms with van der Waals surface area (Å²) in [5.74, 6) is -2.87. The van der Waals surface area contributed by atoms with Crippen LogP contribution in [0.3, 0.4) is 0 Å². The third kappa shape index (κ3) is 1.95. The minimum Gasteiger partial charge on any atom is -0.314 e. The van der Waals surface area contributed by atoms with Gasteiger partial charge in [0.05, 0.1) is 0 Å². The molecule has 1 aliphatic heterocycles. The van der Waals surface area contributed by atoms with Crippen LogP contribution in [-0.2, 0) is 0 Å². The largest absolute Gasteiger partial charge is 0.314 e. The van der Waals surface area contributed by atoms with E-state index in [1.807, 2.05) is 0 Å². The molecule has 0 unspecified atom stereocenters. The van der Waals surface area contributed by atoms with Crippen LogP contribution in [0.5, 0.6) is 0 Å². The lowest BCUT2D eigenvalue weighted by molar-refractivity contribution is 0.342. The maximum Gasteiger partial charge on any atom is 0.0481 e. The molecule has 0 aromatic rings. The molecule has 1 rings (SSSR count). The van der Waals surface area contributed by atoms with E-state index in [1.54, 1.807) is 0 Å². The molecule has 9 heavy (non-hydrogen) atoms. The van der Waals surface area contributed by atoms with Gasteiger partial charge in [-0.05, 0) is 5.89 Å². The van der Waals surface area contributed by atoms with E-state index in [0.29, 0.717) is 6.54 Å². The Labute approximate surface area is 68.3 Å². The second-order valence-corrected chi connectivity index (χ2v) is 1.96. The van der Waals surface area contributed by atoms with Crippen molar-refractivity contribution in [3.05, 3.63) is 0 Å². The summed E-state index contributed by atoms with van der Waals surface area (Å²) in [4.78, 5) is 0. The van der Waals surface area contributed by atoms with Crippen molar-refractivity contribution < 1.29 is 11.0 Å². The Kier molecular flexibility index (Phi) is 0.691. The van der Waals surface area contributed by atoms with Crippen LogP contribution in [0.2, 0.25) is 0 Å². The highest BCUT2D eigenvalue weighted by Crippen LogP contribution is 2.00. The number of hydrogen-bond donors (Lipinski definition) is 2. The van der Waals surface area contributed by atoms with Crippen molar-refractivity contribution in [3.8, 4) is 0 Å². The molecule has 0 spiro atoms. The van der Waals surface area contributed by atoms with Crippen molar-refractivity contribution in [1.29, 1.82) is 0 Å². The number of rotatable bonds is 1. The van der Waals surface area contributed by atoms with E-state index >= 15 is 0 Å². The average Bonchev–Trinajstić information content (AvgIpc) is 2.14. The number of piperazine rings is 1. The van der Waals surface area contributed by atoms with Crippen LogP contribution in [0, 0.1) is 5.89 Å². The average molecular weight is 136 g/mol. The molecule has 2 heteroatoms. The molecule has 0 amide bonds. The summed E-state index contributed by atoms with van der Waals surface area (Å²) in [6.45, 7) is -5.57. The molecule has 0 bridgehead atoms. The first-order valence-electron chi connectivity index (χ1n) is 6.91. The van der Waals surface area contributed by atoms with Crippen LogP contribution < -0.4 is 10.6 Å². The molecule has 0 aromatic heterocycles. The minimum absolute atomic E-state index is 0.187. The van der Waals surface area contributed by atoms with Crippen molar-refractivity contribution >= 4 is 0 Å². The van der Waals surface area contributed by atoms with Crippen LogP contribution in [-0.4, -0.2) is 25.7 Å². The molecule has 1 heterocycles. The fourth-order valence-corrected chi connectivity index (χ4v) is 0.754. The summed E-state index contributed by atoms with van der Waals surface area (Å²) in [7, 11) is 0. The molecule has 1 aliphatic rings. The smallest absolute Gasteiger partial charge is 0.0481 e. The lowest BCUT2D eigenvalue weighted by atomic mass is 10.0. The van der Waals surface area contributed by atoms with E-state index in [4.69, 9.17) is 11.0 Å². The predicted octanol–water partition coefficient (Wildman–Crippen LogP) is 0.204. The predicted molar refractivity (Wildman–Crippen MR) is 39.5 cm³/mol. The van der Waals surface area contributed by atoms with Crippen molar-refractivity contribution in [2.24, 2.45) is 5.89 Å². The fraction of sp³-hybridized carbons (Fsp3) is 1.00. The first-order valence-corrected chi connectivity index (χ1v) is 2.91. The zero-order valence-electron chi connectivity index (χ0n) is 13.1. The zero-order chi connectivity index (χ0) is 13.5. The van der Waals surface area contributed by atoms with Crippen molar-refractivity contribution in [2.45, 2.75) is 19.7 Å². The second kappa shape index (κ2) is 3.18. The summed E-state index contributed by atoms with van der Waals surface area (Å²) in [6, 6.07) is -2.07. The Morgan fingerprint density at radius 3 is 3.22 bits per heavy atom. The minimum atomic E-state index is -3.08. The standard InChI is InChI=1S/C7H16N2/c1-6(2)7-5-8-3-4-9-7/h6-9H,3-5H2,1-2H3/t7-/m1/s1/i1D3,2D3,6D,7D. The Morgan fingerprint density at radius 1 is 1.78 bits per heavy atom. The van der Waals surface area contributed by atoms with Gasteiger partial charge in [0.25, 0.3) is 0 Å². The third-order valence-electron chi connectivity index (χ3n) is 1.24. The molecule has 0 radical (unpaired) electrons. The monoisotopic (exact) mass is 136 g/mol. The maximum absolute atomic E-state index is 8.00. The molecule has 54 valence electrons. The second-order valence-electron chi connectivity index (χ2n) is 1.96. The van der Waals surface area contributed by atoms with E-state index in [0.717, 1.165) is 0 Å². The quantitative estimate of drug-likeness (QED) is 0.538. The molecule has 0 aromatic carbocycles. The Morgan fingerprint density at radius 2 is 2.67 bits per heavy atom. The van der Waals surface area contributed by atoms with Crippen LogP contribution in [0.1, 0.15) is 24.7 Å². The van der Waals surface area contributed by atoms with Gasteiger partial charge in [-0.1, -0.05) is 13.7 Å². The number of nitrogens with one attached hydrogen (secondary N) is 2. The first-order chi connectivity index (χ1) is 7.46.